The van der Waals surface area contributed by atoms with Crippen molar-refractivity contribution >= 4 is 10.1 Å². The Labute approximate surface area is 118 Å². The van der Waals surface area contributed by atoms with Crippen LogP contribution in [0.25, 0.3) is 0 Å². The molecule has 17 heteroatoms. The van der Waals surface area contributed by atoms with Gasteiger partial charge in [0, 0.05) is 0 Å². The molecule has 0 heterocycles. The highest BCUT2D eigenvalue weighted by molar-refractivity contribution is 7.87. The predicted octanol–water partition coefficient (Wildman–Crippen LogP) is 3.25. The molecule has 0 aliphatic heterocycles. The summed E-state index contributed by atoms with van der Waals surface area (Å²) in [7, 11) is -7.42. The number of rotatable bonds is 6. The van der Waals surface area contributed by atoms with Crippen molar-refractivity contribution < 1.29 is 70.0 Å². The summed E-state index contributed by atoms with van der Waals surface area (Å²) in [5.41, 5.74) is 0. The molecule has 0 aromatic carbocycles. The lowest BCUT2D eigenvalue weighted by Crippen LogP contribution is -2.60. The topological polar surface area (TPSA) is 52.6 Å². The maximum absolute atomic E-state index is 12.9. The van der Waals surface area contributed by atoms with E-state index in [0.717, 1.165) is 0 Å². The summed E-state index contributed by atoms with van der Waals surface area (Å²) in [6, 6.07) is 0. The highest BCUT2D eigenvalue weighted by atomic mass is 32.2. The van der Waals surface area contributed by atoms with Crippen LogP contribution in [0.4, 0.5) is 52.7 Å². The van der Waals surface area contributed by atoms with Crippen LogP contribution in [-0.4, -0.2) is 44.8 Å². The van der Waals surface area contributed by atoms with Crippen molar-refractivity contribution in [2.75, 3.05) is 6.61 Å². The minimum atomic E-state index is -7.43. The van der Waals surface area contributed by atoms with Crippen molar-refractivity contribution in [2.45, 2.75) is 29.8 Å². The molecule has 0 fully saturated rings. The molecular weight excluding hydrogens is 396 g/mol. The molecule has 0 N–H and O–H groups in total. The van der Waals surface area contributed by atoms with Crippen molar-refractivity contribution in [1.29, 1.82) is 0 Å². The first kappa shape index (κ1) is 22.0. The molecule has 0 aromatic heterocycles. The van der Waals surface area contributed by atoms with E-state index >= 15 is 0 Å². The smallest absolute Gasteiger partial charge is 0.256 e. The van der Waals surface area contributed by atoms with Crippen molar-refractivity contribution in [2.24, 2.45) is 0 Å². The number of ether oxygens (including phenoxy) is 1. The Hall–Kier alpha value is -0.970. The Kier molecular flexibility index (Phi) is 5.59. The van der Waals surface area contributed by atoms with Crippen LogP contribution in [-0.2, 0) is 19.0 Å². The fraction of sp³-hybridized carbons (Fsp3) is 1.00. The van der Waals surface area contributed by atoms with Gasteiger partial charge in [-0.2, -0.15) is 47.9 Å². The van der Waals surface area contributed by atoms with Crippen LogP contribution in [0.2, 0.25) is 0 Å². The molecule has 0 amide bonds. The lowest BCUT2D eigenvalue weighted by atomic mass is 10.3. The van der Waals surface area contributed by atoms with Crippen LogP contribution < -0.4 is 0 Å². The van der Waals surface area contributed by atoms with Crippen LogP contribution in [0, 0.1) is 0 Å². The fourth-order valence-electron chi connectivity index (χ4n) is 0.754. The van der Waals surface area contributed by atoms with E-state index in [1.807, 2.05) is 0 Å². The van der Waals surface area contributed by atoms with E-state index in [1.165, 1.54) is 4.74 Å². The van der Waals surface area contributed by atoms with Gasteiger partial charge >= 0.3 is 39.9 Å². The average molecular weight is 398 g/mol. The normalized spacial score (nSPS) is 15.8. The molecule has 0 rings (SSSR count). The van der Waals surface area contributed by atoms with E-state index in [9.17, 15) is 61.1 Å². The second-order valence-corrected chi connectivity index (χ2v) is 5.14. The predicted molar refractivity (Wildman–Crippen MR) is 42.9 cm³/mol. The van der Waals surface area contributed by atoms with Gasteiger partial charge in [0.25, 0.3) is 0 Å². The summed E-state index contributed by atoms with van der Waals surface area (Å²) in [4.78, 5) is 0. The largest absolute Gasteiger partial charge is 0.527 e. The van der Waals surface area contributed by atoms with E-state index in [1.54, 1.807) is 0 Å². The molecule has 0 radical (unpaired) electrons. The number of hydrogen-bond donors (Lipinski definition) is 0. The molecule has 140 valence electrons. The summed E-state index contributed by atoms with van der Waals surface area (Å²) in [5, 5.41) is -7.19. The summed E-state index contributed by atoms with van der Waals surface area (Å²) in [6.07, 6.45) is -19.4. The molecule has 0 aromatic rings. The minimum absolute atomic E-state index is 1.41. The summed E-state index contributed by atoms with van der Waals surface area (Å²) >= 11 is 0. The van der Waals surface area contributed by atoms with Crippen LogP contribution in [0.15, 0.2) is 0 Å². The van der Waals surface area contributed by atoms with Crippen LogP contribution in [0.5, 0.6) is 0 Å². The van der Waals surface area contributed by atoms with Gasteiger partial charge in [-0.3, -0.25) is 4.18 Å². The Balaban J connectivity index is 5.69. The highest BCUT2D eigenvalue weighted by Crippen LogP contribution is 2.51. The SMILES string of the molecule is O=S(=O)(OCC(F)(F)F)C(F)(F)C(F)(F)C(F)(F)OC(F)(F)F. The van der Waals surface area contributed by atoms with Gasteiger partial charge in [-0.1, -0.05) is 0 Å². The van der Waals surface area contributed by atoms with E-state index in [2.05, 4.69) is 4.18 Å². The van der Waals surface area contributed by atoms with E-state index in [4.69, 9.17) is 0 Å². The van der Waals surface area contributed by atoms with E-state index < -0.39 is 46.5 Å². The summed E-state index contributed by atoms with van der Waals surface area (Å²) < 4.78 is 170. The number of hydrogen-bond acceptors (Lipinski definition) is 4. The molecule has 0 unspecified atom stereocenters. The molecule has 0 atom stereocenters. The first-order valence-electron chi connectivity index (χ1n) is 4.52. The van der Waals surface area contributed by atoms with Gasteiger partial charge in [0.05, 0.1) is 0 Å². The minimum Gasteiger partial charge on any atom is -0.256 e. The molecule has 4 nitrogen and oxygen atoms in total. The molecular formula is C6H2F12O4S. The zero-order chi connectivity index (χ0) is 19.1. The van der Waals surface area contributed by atoms with E-state index in [-0.39, 0.29) is 0 Å². The van der Waals surface area contributed by atoms with Crippen LogP contribution in [0.1, 0.15) is 0 Å². The molecule has 0 saturated heterocycles. The second kappa shape index (κ2) is 5.83. The molecule has 0 saturated carbocycles. The maximum atomic E-state index is 12.9. The monoisotopic (exact) mass is 398 g/mol. The number of halogens is 12. The third kappa shape index (κ3) is 5.00. The van der Waals surface area contributed by atoms with Gasteiger partial charge in [-0.05, 0) is 0 Å². The zero-order valence-electron chi connectivity index (χ0n) is 9.78. The van der Waals surface area contributed by atoms with Gasteiger partial charge < -0.3 is 0 Å². The van der Waals surface area contributed by atoms with Crippen LogP contribution in [0.3, 0.4) is 0 Å². The lowest BCUT2D eigenvalue weighted by Gasteiger charge is -2.31. The Morgan fingerprint density at radius 3 is 1.43 bits per heavy atom. The summed E-state index contributed by atoms with van der Waals surface area (Å²) in [5.74, 6) is -7.43. The molecule has 0 bridgehead atoms. The molecule has 23 heavy (non-hydrogen) atoms. The lowest BCUT2D eigenvalue weighted by molar-refractivity contribution is -0.479. The first-order chi connectivity index (χ1) is 9.66. The fourth-order valence-corrected chi connectivity index (χ4v) is 1.62. The average Bonchev–Trinajstić information content (AvgIpc) is 2.21. The van der Waals surface area contributed by atoms with Crippen molar-refractivity contribution in [1.82, 2.24) is 0 Å². The van der Waals surface area contributed by atoms with Crippen molar-refractivity contribution in [3.05, 3.63) is 0 Å². The Morgan fingerprint density at radius 2 is 1.13 bits per heavy atom. The van der Waals surface area contributed by atoms with Crippen molar-refractivity contribution in [3.63, 3.8) is 0 Å². The van der Waals surface area contributed by atoms with Crippen LogP contribution >= 0.6 is 0 Å². The summed E-state index contributed by atoms with van der Waals surface area (Å²) in [6.45, 7) is -3.12. The molecule has 0 aliphatic carbocycles. The molecule has 0 aliphatic rings. The Bertz CT molecular complexity index is 517. The highest BCUT2D eigenvalue weighted by Gasteiger charge is 2.81. The maximum Gasteiger partial charge on any atom is 0.527 e. The first-order valence-corrected chi connectivity index (χ1v) is 5.93. The van der Waals surface area contributed by atoms with Crippen molar-refractivity contribution in [3.8, 4) is 0 Å². The van der Waals surface area contributed by atoms with E-state index in [0.29, 0.717) is 0 Å². The molecule has 0 spiro atoms. The third-order valence-corrected chi connectivity index (χ3v) is 2.98. The van der Waals surface area contributed by atoms with Gasteiger partial charge in [0.2, 0.25) is 0 Å². The second-order valence-electron chi connectivity index (χ2n) is 3.49. The van der Waals surface area contributed by atoms with Gasteiger partial charge in [0.15, 0.2) is 6.61 Å². The Morgan fingerprint density at radius 1 is 0.739 bits per heavy atom. The van der Waals surface area contributed by atoms with Gasteiger partial charge in [-0.25, -0.2) is 4.74 Å². The zero-order valence-corrected chi connectivity index (χ0v) is 10.6. The standard InChI is InChI=1S/C6H2F12O4S/c7-2(8,9)1-21-23(19,20)5(14,15)3(10,11)4(12,13)22-6(16,17)18/h1H2. The third-order valence-electron chi connectivity index (χ3n) is 1.67. The van der Waals surface area contributed by atoms with Gasteiger partial charge in [-0.15, -0.1) is 13.2 Å². The number of alkyl halides is 12. The quantitative estimate of drug-likeness (QED) is 0.509. The van der Waals surface area contributed by atoms with Gasteiger partial charge in [0.1, 0.15) is 0 Å².